The Balaban J connectivity index is 2.21. The number of rotatable bonds is 3. The first kappa shape index (κ1) is 9.05. The molecule has 0 aromatic carbocycles. The zero-order valence-corrected chi connectivity index (χ0v) is 7.51. The van der Waals surface area contributed by atoms with Gasteiger partial charge in [-0.1, -0.05) is 32.6 Å². The molecule has 0 saturated heterocycles. The van der Waals surface area contributed by atoms with Crippen LogP contribution in [0.4, 0.5) is 0 Å². The van der Waals surface area contributed by atoms with Gasteiger partial charge in [-0.2, -0.15) is 0 Å². The summed E-state index contributed by atoms with van der Waals surface area (Å²) in [4.78, 5) is 0. The maximum Gasteiger partial charge on any atom is 0.0958 e. The zero-order chi connectivity index (χ0) is 8.10. The van der Waals surface area contributed by atoms with Crippen molar-refractivity contribution in [1.29, 1.82) is 0 Å². The second-order valence-electron chi connectivity index (χ2n) is 3.73. The van der Waals surface area contributed by atoms with Crippen LogP contribution in [0.5, 0.6) is 0 Å². The summed E-state index contributed by atoms with van der Waals surface area (Å²) in [5.41, 5.74) is 0. The highest BCUT2D eigenvalue weighted by atomic mass is 16.3. The van der Waals surface area contributed by atoms with Crippen LogP contribution in [-0.2, 0) is 5.11 Å². The smallest absolute Gasteiger partial charge is 0.0958 e. The van der Waals surface area contributed by atoms with E-state index in [4.69, 9.17) is 0 Å². The zero-order valence-electron chi connectivity index (χ0n) is 7.51. The summed E-state index contributed by atoms with van der Waals surface area (Å²) in [7, 11) is 0. The van der Waals surface area contributed by atoms with Crippen LogP contribution in [0, 0.1) is 5.92 Å². The monoisotopic (exact) mass is 155 g/mol. The molecule has 1 rings (SSSR count). The topological polar surface area (TPSA) is 19.9 Å². The van der Waals surface area contributed by atoms with Gasteiger partial charge in [0.1, 0.15) is 0 Å². The van der Waals surface area contributed by atoms with Crippen molar-refractivity contribution in [2.45, 2.75) is 58.0 Å². The Morgan fingerprint density at radius 2 is 1.91 bits per heavy atom. The average molecular weight is 155 g/mol. The largest absolute Gasteiger partial charge is 0.233 e. The van der Waals surface area contributed by atoms with Crippen molar-refractivity contribution in [3.63, 3.8) is 0 Å². The predicted molar refractivity (Wildman–Crippen MR) is 46.0 cm³/mol. The minimum atomic E-state index is -0.250. The molecule has 0 aromatic rings. The van der Waals surface area contributed by atoms with Gasteiger partial charge in [-0.05, 0) is 25.2 Å². The maximum atomic E-state index is 11.5. The molecule has 1 heteroatoms. The van der Waals surface area contributed by atoms with E-state index in [2.05, 4.69) is 6.92 Å². The van der Waals surface area contributed by atoms with E-state index < -0.39 is 0 Å². The molecule has 65 valence electrons. The SMILES string of the molecule is CCCC([O])C1CCCCC1. The molecule has 1 radical (unpaired) electrons. The van der Waals surface area contributed by atoms with Crippen molar-refractivity contribution in [2.24, 2.45) is 5.92 Å². The lowest BCUT2D eigenvalue weighted by Crippen LogP contribution is -2.21. The summed E-state index contributed by atoms with van der Waals surface area (Å²) in [6.45, 7) is 2.10. The molecule has 1 unspecified atom stereocenters. The van der Waals surface area contributed by atoms with E-state index >= 15 is 0 Å². The molecule has 1 nitrogen and oxygen atoms in total. The van der Waals surface area contributed by atoms with Crippen LogP contribution < -0.4 is 0 Å². The predicted octanol–water partition coefficient (Wildman–Crippen LogP) is 3.17. The summed E-state index contributed by atoms with van der Waals surface area (Å²) in [6.07, 6.45) is 8.06. The second kappa shape index (κ2) is 4.76. The first-order valence-electron chi connectivity index (χ1n) is 5.00. The van der Waals surface area contributed by atoms with E-state index in [0.717, 1.165) is 12.8 Å². The quantitative estimate of drug-likeness (QED) is 0.596. The standard InChI is InChI=1S/C10H19O/c1-2-6-10(11)9-7-4-3-5-8-9/h9-10H,2-8H2,1H3. The van der Waals surface area contributed by atoms with Crippen LogP contribution in [0.1, 0.15) is 51.9 Å². The highest BCUT2D eigenvalue weighted by molar-refractivity contribution is 4.72. The van der Waals surface area contributed by atoms with Crippen molar-refractivity contribution in [3.05, 3.63) is 0 Å². The Bertz CT molecular complexity index is 95.0. The molecule has 1 aliphatic carbocycles. The van der Waals surface area contributed by atoms with Crippen molar-refractivity contribution in [2.75, 3.05) is 0 Å². The van der Waals surface area contributed by atoms with Crippen LogP contribution >= 0.6 is 0 Å². The highest BCUT2D eigenvalue weighted by Gasteiger charge is 2.21. The summed E-state index contributed by atoms with van der Waals surface area (Å²) in [5, 5.41) is 11.5. The third-order valence-corrected chi connectivity index (χ3v) is 2.75. The second-order valence-corrected chi connectivity index (χ2v) is 3.73. The normalized spacial score (nSPS) is 23.5. The van der Waals surface area contributed by atoms with E-state index in [1.807, 2.05) is 0 Å². The number of hydrogen-bond donors (Lipinski definition) is 0. The van der Waals surface area contributed by atoms with Crippen LogP contribution in [0.2, 0.25) is 0 Å². The third kappa shape index (κ3) is 2.82. The molecule has 0 heterocycles. The maximum absolute atomic E-state index is 11.5. The molecule has 1 fully saturated rings. The molecule has 0 aromatic heterocycles. The van der Waals surface area contributed by atoms with Crippen LogP contribution in [0.3, 0.4) is 0 Å². The van der Waals surface area contributed by atoms with E-state index in [-0.39, 0.29) is 6.10 Å². The Labute approximate surface area is 69.8 Å². The van der Waals surface area contributed by atoms with Gasteiger partial charge in [0.25, 0.3) is 0 Å². The van der Waals surface area contributed by atoms with E-state index in [0.29, 0.717) is 5.92 Å². The van der Waals surface area contributed by atoms with Gasteiger partial charge < -0.3 is 0 Å². The van der Waals surface area contributed by atoms with Crippen molar-refractivity contribution in [3.8, 4) is 0 Å². The summed E-state index contributed by atoms with van der Waals surface area (Å²) < 4.78 is 0. The Kier molecular flexibility index (Phi) is 3.92. The van der Waals surface area contributed by atoms with Gasteiger partial charge in [0, 0.05) is 0 Å². The van der Waals surface area contributed by atoms with Gasteiger partial charge in [-0.15, -0.1) is 0 Å². The van der Waals surface area contributed by atoms with Gasteiger partial charge in [-0.3, -0.25) is 0 Å². The molecule has 11 heavy (non-hydrogen) atoms. The average Bonchev–Trinajstić information content (AvgIpc) is 2.07. The lowest BCUT2D eigenvalue weighted by atomic mass is 9.84. The van der Waals surface area contributed by atoms with E-state index in [1.54, 1.807) is 0 Å². The molecule has 0 spiro atoms. The molecule has 1 atom stereocenters. The fourth-order valence-electron chi connectivity index (χ4n) is 2.03. The molecule has 0 aliphatic heterocycles. The Hall–Kier alpha value is -0.0400. The molecule has 0 amide bonds. The van der Waals surface area contributed by atoms with Crippen LogP contribution in [0.15, 0.2) is 0 Å². The summed E-state index contributed by atoms with van der Waals surface area (Å²) in [5.74, 6) is 0.517. The van der Waals surface area contributed by atoms with Gasteiger partial charge in [0.2, 0.25) is 0 Å². The molecule has 0 N–H and O–H groups in total. The van der Waals surface area contributed by atoms with Gasteiger partial charge in [-0.25, -0.2) is 5.11 Å². The summed E-state index contributed by atoms with van der Waals surface area (Å²) >= 11 is 0. The molecular weight excluding hydrogens is 136 g/mol. The number of hydrogen-bond acceptors (Lipinski definition) is 0. The molecule has 1 saturated carbocycles. The van der Waals surface area contributed by atoms with Gasteiger partial charge >= 0.3 is 0 Å². The summed E-state index contributed by atoms with van der Waals surface area (Å²) in [6, 6.07) is 0. The van der Waals surface area contributed by atoms with Crippen LogP contribution in [0.25, 0.3) is 0 Å². The lowest BCUT2D eigenvalue weighted by Gasteiger charge is -2.24. The molecular formula is C10H19O. The first-order chi connectivity index (χ1) is 5.34. The molecule has 1 aliphatic rings. The van der Waals surface area contributed by atoms with Crippen molar-refractivity contribution in [1.82, 2.24) is 0 Å². The van der Waals surface area contributed by atoms with Crippen LogP contribution in [-0.4, -0.2) is 6.10 Å². The van der Waals surface area contributed by atoms with Crippen molar-refractivity contribution >= 4 is 0 Å². The van der Waals surface area contributed by atoms with E-state index in [1.165, 1.54) is 32.1 Å². The van der Waals surface area contributed by atoms with Gasteiger partial charge in [0.15, 0.2) is 0 Å². The lowest BCUT2D eigenvalue weighted by molar-refractivity contribution is 0.0147. The third-order valence-electron chi connectivity index (χ3n) is 2.75. The Morgan fingerprint density at radius 1 is 1.27 bits per heavy atom. The van der Waals surface area contributed by atoms with Crippen molar-refractivity contribution < 1.29 is 5.11 Å². The molecule has 0 bridgehead atoms. The first-order valence-corrected chi connectivity index (χ1v) is 5.00. The fraction of sp³-hybridized carbons (Fsp3) is 1.00. The van der Waals surface area contributed by atoms with E-state index in [9.17, 15) is 5.11 Å². The minimum absolute atomic E-state index is 0.250. The van der Waals surface area contributed by atoms with Gasteiger partial charge in [0.05, 0.1) is 6.10 Å². The Morgan fingerprint density at radius 3 is 2.45 bits per heavy atom. The fourth-order valence-corrected chi connectivity index (χ4v) is 2.03. The highest BCUT2D eigenvalue weighted by Crippen LogP contribution is 2.28. The minimum Gasteiger partial charge on any atom is -0.233 e.